The number of carbonyl (C=O) groups excluding carboxylic acids is 1. The van der Waals surface area contributed by atoms with E-state index >= 15 is 0 Å². The van der Waals surface area contributed by atoms with Crippen molar-refractivity contribution in [2.24, 2.45) is 0 Å². The van der Waals surface area contributed by atoms with E-state index in [9.17, 15) is 22.4 Å². The van der Waals surface area contributed by atoms with E-state index in [0.717, 1.165) is 13.0 Å². The molecule has 0 spiro atoms. The summed E-state index contributed by atoms with van der Waals surface area (Å²) in [4.78, 5) is 11.1. The highest BCUT2D eigenvalue weighted by Gasteiger charge is 2.20. The first-order valence-electron chi connectivity index (χ1n) is 4.40. The maximum Gasteiger partial charge on any atom is 0.387 e. The topological polar surface area (TPSA) is 26.3 Å². The monoisotopic (exact) mass is 270 g/mol. The lowest BCUT2D eigenvalue weighted by molar-refractivity contribution is -0.0503. The van der Waals surface area contributed by atoms with E-state index < -0.39 is 30.1 Å². The molecule has 0 atom stereocenters. The number of alkyl halides is 4. The fourth-order valence-corrected chi connectivity index (χ4v) is 1.45. The fraction of sp³-hybridized carbons (Fsp3) is 0.300. The zero-order valence-electron chi connectivity index (χ0n) is 8.52. The van der Waals surface area contributed by atoms with Crippen molar-refractivity contribution in [2.45, 2.75) is 20.0 Å². The number of ketones is 1. The second kappa shape index (κ2) is 5.35. The van der Waals surface area contributed by atoms with Crippen molar-refractivity contribution in [1.29, 1.82) is 0 Å². The molecule has 7 heteroatoms. The molecule has 1 aromatic rings. The van der Waals surface area contributed by atoms with Crippen molar-refractivity contribution >= 4 is 17.4 Å². The SMILES string of the molecule is CC(=O)c1cc(Cl)c(C(F)F)cc1OC(F)F. The van der Waals surface area contributed by atoms with Crippen LogP contribution in [0.3, 0.4) is 0 Å². The minimum Gasteiger partial charge on any atom is -0.434 e. The van der Waals surface area contributed by atoms with E-state index in [-0.39, 0.29) is 10.6 Å². The van der Waals surface area contributed by atoms with Crippen LogP contribution in [0.5, 0.6) is 5.75 Å². The predicted octanol–water partition coefficient (Wildman–Crippen LogP) is 4.08. The lowest BCUT2D eigenvalue weighted by atomic mass is 10.1. The summed E-state index contributed by atoms with van der Waals surface area (Å²) in [6, 6.07) is 1.54. The Morgan fingerprint density at radius 3 is 2.29 bits per heavy atom. The Morgan fingerprint density at radius 2 is 1.88 bits per heavy atom. The molecule has 0 bridgehead atoms. The highest BCUT2D eigenvalue weighted by Crippen LogP contribution is 2.34. The number of carbonyl (C=O) groups is 1. The molecular formula is C10H7ClF4O2. The van der Waals surface area contributed by atoms with Crippen LogP contribution in [0.25, 0.3) is 0 Å². The molecule has 0 aliphatic carbocycles. The number of Topliss-reactive ketones (excluding diaryl/α,β-unsaturated/α-hetero) is 1. The average Bonchev–Trinajstić information content (AvgIpc) is 2.18. The zero-order chi connectivity index (χ0) is 13.2. The van der Waals surface area contributed by atoms with Crippen molar-refractivity contribution in [1.82, 2.24) is 0 Å². The second-order valence-corrected chi connectivity index (χ2v) is 3.51. The quantitative estimate of drug-likeness (QED) is 0.609. The van der Waals surface area contributed by atoms with Crippen LogP contribution in [0.15, 0.2) is 12.1 Å². The van der Waals surface area contributed by atoms with Gasteiger partial charge in [-0.25, -0.2) is 8.78 Å². The zero-order valence-corrected chi connectivity index (χ0v) is 9.27. The molecule has 17 heavy (non-hydrogen) atoms. The molecule has 0 amide bonds. The maximum atomic E-state index is 12.5. The standard InChI is InChI=1S/C10H7ClF4O2/c1-4(16)5-2-7(11)6(9(12)13)3-8(5)17-10(14)15/h2-3,9-10H,1H3. The van der Waals surface area contributed by atoms with Crippen molar-refractivity contribution < 1.29 is 27.1 Å². The average molecular weight is 271 g/mol. The van der Waals surface area contributed by atoms with E-state index in [1.807, 2.05) is 0 Å². The van der Waals surface area contributed by atoms with Crippen molar-refractivity contribution in [2.75, 3.05) is 0 Å². The summed E-state index contributed by atoms with van der Waals surface area (Å²) in [5, 5.41) is -0.369. The molecule has 0 saturated heterocycles. The summed E-state index contributed by atoms with van der Waals surface area (Å²) in [5.74, 6) is -1.21. The van der Waals surface area contributed by atoms with Gasteiger partial charge in [0.05, 0.1) is 10.6 Å². The van der Waals surface area contributed by atoms with E-state index in [2.05, 4.69) is 4.74 Å². The van der Waals surface area contributed by atoms with E-state index in [4.69, 9.17) is 11.6 Å². The normalized spacial score (nSPS) is 11.1. The Balaban J connectivity index is 3.31. The third kappa shape index (κ3) is 3.33. The van der Waals surface area contributed by atoms with Crippen LogP contribution in [0.4, 0.5) is 17.6 Å². The summed E-state index contributed by atoms with van der Waals surface area (Å²) >= 11 is 5.50. The molecule has 0 N–H and O–H groups in total. The van der Waals surface area contributed by atoms with Gasteiger partial charge in [-0.2, -0.15) is 8.78 Å². The van der Waals surface area contributed by atoms with E-state index in [1.165, 1.54) is 0 Å². The molecule has 0 radical (unpaired) electrons. The molecule has 0 unspecified atom stereocenters. The Kier molecular flexibility index (Phi) is 4.34. The third-order valence-electron chi connectivity index (χ3n) is 1.93. The van der Waals surface area contributed by atoms with Crippen LogP contribution in [0.1, 0.15) is 29.3 Å². The summed E-state index contributed by atoms with van der Waals surface area (Å²) in [6.07, 6.45) is -2.94. The van der Waals surface area contributed by atoms with Gasteiger partial charge in [0.2, 0.25) is 0 Å². The molecule has 0 aliphatic rings. The summed E-state index contributed by atoms with van der Waals surface area (Å²) in [5.41, 5.74) is -0.924. The fourth-order valence-electron chi connectivity index (χ4n) is 1.20. The molecular weight excluding hydrogens is 264 g/mol. The van der Waals surface area contributed by atoms with E-state index in [0.29, 0.717) is 6.07 Å². The van der Waals surface area contributed by atoms with Crippen molar-refractivity contribution in [3.8, 4) is 5.75 Å². The van der Waals surface area contributed by atoms with Crippen LogP contribution in [-0.2, 0) is 0 Å². The van der Waals surface area contributed by atoms with Crippen molar-refractivity contribution in [3.05, 3.63) is 28.3 Å². The van der Waals surface area contributed by atoms with Gasteiger partial charge in [0.25, 0.3) is 6.43 Å². The first kappa shape index (κ1) is 13.8. The van der Waals surface area contributed by atoms with Gasteiger partial charge in [-0.15, -0.1) is 0 Å². The Labute approximate surface area is 99.1 Å². The largest absolute Gasteiger partial charge is 0.434 e. The lowest BCUT2D eigenvalue weighted by Crippen LogP contribution is -2.07. The van der Waals surface area contributed by atoms with Gasteiger partial charge in [-0.3, -0.25) is 4.79 Å². The van der Waals surface area contributed by atoms with Crippen LogP contribution < -0.4 is 4.74 Å². The first-order chi connectivity index (χ1) is 7.82. The Morgan fingerprint density at radius 1 is 1.29 bits per heavy atom. The summed E-state index contributed by atoms with van der Waals surface area (Å²) in [6.45, 7) is -2.12. The molecule has 0 heterocycles. The van der Waals surface area contributed by atoms with Gasteiger partial charge in [0.15, 0.2) is 5.78 Å². The van der Waals surface area contributed by atoms with Crippen LogP contribution in [-0.4, -0.2) is 12.4 Å². The van der Waals surface area contributed by atoms with Crippen LogP contribution in [0, 0.1) is 0 Å². The van der Waals surface area contributed by atoms with Gasteiger partial charge in [0, 0.05) is 5.56 Å². The highest BCUT2D eigenvalue weighted by atomic mass is 35.5. The third-order valence-corrected chi connectivity index (χ3v) is 2.26. The number of benzene rings is 1. The number of halogens is 5. The molecule has 0 aromatic heterocycles. The molecule has 2 nitrogen and oxygen atoms in total. The molecule has 94 valence electrons. The van der Waals surface area contributed by atoms with Gasteiger partial charge < -0.3 is 4.74 Å². The van der Waals surface area contributed by atoms with E-state index in [1.54, 1.807) is 0 Å². The number of ether oxygens (including phenoxy) is 1. The molecule has 0 aliphatic heterocycles. The predicted molar refractivity (Wildman–Crippen MR) is 53.0 cm³/mol. The van der Waals surface area contributed by atoms with Gasteiger partial charge in [-0.1, -0.05) is 11.6 Å². The van der Waals surface area contributed by atoms with Crippen LogP contribution >= 0.6 is 11.6 Å². The highest BCUT2D eigenvalue weighted by molar-refractivity contribution is 6.31. The minimum absolute atomic E-state index is 0.264. The molecule has 0 saturated carbocycles. The molecule has 1 rings (SSSR count). The number of rotatable bonds is 4. The summed E-state index contributed by atoms with van der Waals surface area (Å²) in [7, 11) is 0. The minimum atomic E-state index is -3.21. The van der Waals surface area contributed by atoms with Crippen molar-refractivity contribution in [3.63, 3.8) is 0 Å². The number of hydrogen-bond donors (Lipinski definition) is 0. The second-order valence-electron chi connectivity index (χ2n) is 3.11. The molecule has 1 aromatic carbocycles. The van der Waals surface area contributed by atoms with Gasteiger partial charge in [0.1, 0.15) is 5.75 Å². The van der Waals surface area contributed by atoms with Gasteiger partial charge in [-0.05, 0) is 19.1 Å². The first-order valence-corrected chi connectivity index (χ1v) is 4.78. The molecule has 0 fully saturated rings. The Hall–Kier alpha value is -1.30. The summed E-state index contributed by atoms with van der Waals surface area (Å²) < 4.78 is 53.0. The Bertz CT molecular complexity index is 435. The number of hydrogen-bond acceptors (Lipinski definition) is 2. The van der Waals surface area contributed by atoms with Crippen LogP contribution in [0.2, 0.25) is 5.02 Å². The lowest BCUT2D eigenvalue weighted by Gasteiger charge is -2.12. The maximum absolute atomic E-state index is 12.5. The van der Waals surface area contributed by atoms with Gasteiger partial charge >= 0.3 is 6.61 Å². The smallest absolute Gasteiger partial charge is 0.387 e.